The molecule has 19 heavy (non-hydrogen) atoms. The molecule has 0 bridgehead atoms. The maximum Gasteiger partial charge on any atom is 0.300 e. The van der Waals surface area contributed by atoms with E-state index in [-0.39, 0.29) is 0 Å². The second-order valence-electron chi connectivity index (χ2n) is 4.12. The van der Waals surface area contributed by atoms with Crippen molar-refractivity contribution in [1.29, 1.82) is 0 Å². The summed E-state index contributed by atoms with van der Waals surface area (Å²) in [5.74, 6) is -0.833. The van der Waals surface area contributed by atoms with E-state index >= 15 is 0 Å². The highest BCUT2D eigenvalue weighted by atomic mass is 16.4. The quantitative estimate of drug-likeness (QED) is 0.888. The van der Waals surface area contributed by atoms with E-state index in [1.807, 2.05) is 6.07 Å². The van der Waals surface area contributed by atoms with Crippen molar-refractivity contribution >= 4 is 5.97 Å². The lowest BCUT2D eigenvalue weighted by molar-refractivity contribution is -0.134. The molecule has 0 unspecified atom stereocenters. The third-order valence-electron chi connectivity index (χ3n) is 2.49. The zero-order valence-electron chi connectivity index (χ0n) is 11.0. The molecule has 0 saturated heterocycles. The van der Waals surface area contributed by atoms with Gasteiger partial charge in [0, 0.05) is 6.92 Å². The van der Waals surface area contributed by atoms with Crippen molar-refractivity contribution in [1.82, 2.24) is 0 Å². The van der Waals surface area contributed by atoms with Crippen LogP contribution in [-0.4, -0.2) is 17.6 Å². The van der Waals surface area contributed by atoms with Crippen molar-refractivity contribution in [2.24, 2.45) is 5.73 Å². The van der Waals surface area contributed by atoms with Gasteiger partial charge in [-0.2, -0.15) is 0 Å². The molecule has 2 rings (SSSR count). The van der Waals surface area contributed by atoms with Crippen LogP contribution in [-0.2, 0) is 11.2 Å². The third kappa shape index (κ3) is 5.84. The number of carboxylic acid groups (broad SMARTS) is 1. The molecule has 0 aliphatic rings. The van der Waals surface area contributed by atoms with Gasteiger partial charge in [-0.15, -0.1) is 0 Å². The minimum Gasteiger partial charge on any atom is -0.481 e. The molecule has 0 amide bonds. The molecule has 0 radical (unpaired) electrons. The predicted molar refractivity (Wildman–Crippen MR) is 77.9 cm³/mol. The monoisotopic (exact) mass is 257 g/mol. The third-order valence-corrected chi connectivity index (χ3v) is 2.49. The van der Waals surface area contributed by atoms with Crippen LogP contribution >= 0.6 is 0 Å². The number of rotatable bonds is 3. The molecule has 0 spiro atoms. The number of hydrogen-bond donors (Lipinski definition) is 2. The summed E-state index contributed by atoms with van der Waals surface area (Å²) in [5, 5.41) is 7.42. The molecule has 2 aromatic carbocycles. The van der Waals surface area contributed by atoms with Gasteiger partial charge in [-0.1, -0.05) is 54.6 Å². The van der Waals surface area contributed by atoms with Gasteiger partial charge in [-0.05, 0) is 29.7 Å². The van der Waals surface area contributed by atoms with E-state index in [0.717, 1.165) is 13.3 Å². The smallest absolute Gasteiger partial charge is 0.300 e. The van der Waals surface area contributed by atoms with Crippen LogP contribution in [0.1, 0.15) is 12.5 Å². The molecule has 0 fully saturated rings. The van der Waals surface area contributed by atoms with Crippen LogP contribution in [0.25, 0.3) is 11.1 Å². The van der Waals surface area contributed by atoms with E-state index in [1.165, 1.54) is 16.7 Å². The Hall–Kier alpha value is -2.13. The average Bonchev–Trinajstić information content (AvgIpc) is 2.40. The lowest BCUT2D eigenvalue weighted by atomic mass is 10.0. The largest absolute Gasteiger partial charge is 0.481 e. The minimum atomic E-state index is -0.833. The molecule has 0 aromatic heterocycles. The summed E-state index contributed by atoms with van der Waals surface area (Å²) in [6.45, 7) is 1.80. The molecule has 2 aromatic rings. The first kappa shape index (κ1) is 14.9. The first-order valence-electron chi connectivity index (χ1n) is 6.17. The lowest BCUT2D eigenvalue weighted by Crippen LogP contribution is -2.02. The molecular formula is C16H19NO2. The fourth-order valence-corrected chi connectivity index (χ4v) is 1.66. The highest BCUT2D eigenvalue weighted by Crippen LogP contribution is 2.19. The summed E-state index contributed by atoms with van der Waals surface area (Å²) in [7, 11) is 0. The molecular weight excluding hydrogens is 238 g/mol. The van der Waals surface area contributed by atoms with Crippen LogP contribution in [0.15, 0.2) is 54.6 Å². The molecule has 3 heteroatoms. The number of hydrogen-bond acceptors (Lipinski definition) is 2. The van der Waals surface area contributed by atoms with Crippen molar-refractivity contribution in [2.45, 2.75) is 13.3 Å². The molecule has 0 atom stereocenters. The van der Waals surface area contributed by atoms with E-state index < -0.39 is 5.97 Å². The first-order chi connectivity index (χ1) is 9.13. The van der Waals surface area contributed by atoms with Crippen LogP contribution in [0, 0.1) is 0 Å². The topological polar surface area (TPSA) is 63.3 Å². The number of aliphatic carboxylic acids is 1. The molecule has 0 heterocycles. The Bertz CT molecular complexity index is 488. The highest BCUT2D eigenvalue weighted by Gasteiger charge is 1.96. The Labute approximate surface area is 113 Å². The maximum absolute atomic E-state index is 9.00. The van der Waals surface area contributed by atoms with Crippen LogP contribution in [0.3, 0.4) is 0 Å². The molecule has 0 aliphatic carbocycles. The molecule has 0 saturated carbocycles. The second kappa shape index (κ2) is 8.06. The summed E-state index contributed by atoms with van der Waals surface area (Å²) in [6, 6.07) is 19.0. The van der Waals surface area contributed by atoms with Crippen LogP contribution < -0.4 is 5.73 Å². The molecule has 0 aliphatic heterocycles. The Morgan fingerprint density at radius 1 is 1.00 bits per heavy atom. The van der Waals surface area contributed by atoms with Gasteiger partial charge in [0.15, 0.2) is 0 Å². The minimum absolute atomic E-state index is 0.713. The summed E-state index contributed by atoms with van der Waals surface area (Å²) < 4.78 is 0. The van der Waals surface area contributed by atoms with Crippen LogP contribution in [0.5, 0.6) is 0 Å². The van der Waals surface area contributed by atoms with Gasteiger partial charge in [0.25, 0.3) is 5.97 Å². The molecule has 3 nitrogen and oxygen atoms in total. The van der Waals surface area contributed by atoms with Gasteiger partial charge in [0.05, 0.1) is 0 Å². The van der Waals surface area contributed by atoms with Crippen molar-refractivity contribution in [3.63, 3.8) is 0 Å². The van der Waals surface area contributed by atoms with Gasteiger partial charge < -0.3 is 10.8 Å². The summed E-state index contributed by atoms with van der Waals surface area (Å²) in [4.78, 5) is 9.00. The summed E-state index contributed by atoms with van der Waals surface area (Å²) in [5.41, 5.74) is 9.33. The van der Waals surface area contributed by atoms with Crippen LogP contribution in [0.2, 0.25) is 0 Å². The van der Waals surface area contributed by atoms with Gasteiger partial charge in [0.1, 0.15) is 0 Å². The Morgan fingerprint density at radius 3 is 1.95 bits per heavy atom. The van der Waals surface area contributed by atoms with Gasteiger partial charge in [-0.25, -0.2) is 0 Å². The predicted octanol–water partition coefficient (Wildman–Crippen LogP) is 2.95. The SMILES string of the molecule is CC(=O)O.NCCc1ccc(-c2ccccc2)cc1. The van der Waals surface area contributed by atoms with E-state index in [2.05, 4.69) is 48.5 Å². The average molecular weight is 257 g/mol. The summed E-state index contributed by atoms with van der Waals surface area (Å²) >= 11 is 0. The Balaban J connectivity index is 0.000000399. The normalized spacial score (nSPS) is 9.37. The van der Waals surface area contributed by atoms with Gasteiger partial charge in [0.2, 0.25) is 0 Å². The van der Waals surface area contributed by atoms with E-state index in [1.54, 1.807) is 0 Å². The van der Waals surface area contributed by atoms with Crippen molar-refractivity contribution < 1.29 is 9.90 Å². The fourth-order valence-electron chi connectivity index (χ4n) is 1.66. The lowest BCUT2D eigenvalue weighted by Gasteiger charge is -2.03. The van der Waals surface area contributed by atoms with Crippen LogP contribution in [0.4, 0.5) is 0 Å². The van der Waals surface area contributed by atoms with E-state index in [0.29, 0.717) is 6.54 Å². The Kier molecular flexibility index (Phi) is 6.33. The zero-order valence-corrected chi connectivity index (χ0v) is 11.0. The summed E-state index contributed by atoms with van der Waals surface area (Å²) in [6.07, 6.45) is 0.953. The van der Waals surface area contributed by atoms with Crippen molar-refractivity contribution in [2.75, 3.05) is 6.54 Å². The van der Waals surface area contributed by atoms with E-state index in [9.17, 15) is 0 Å². The highest BCUT2D eigenvalue weighted by molar-refractivity contribution is 5.63. The standard InChI is InChI=1S/C14H15N.C2H4O2/c15-11-10-12-6-8-14(9-7-12)13-4-2-1-3-5-13;1-2(3)4/h1-9H,10-11,15H2;1H3,(H,3,4). The Morgan fingerprint density at radius 2 is 1.47 bits per heavy atom. The maximum atomic E-state index is 9.00. The molecule has 3 N–H and O–H groups in total. The van der Waals surface area contributed by atoms with E-state index in [4.69, 9.17) is 15.6 Å². The van der Waals surface area contributed by atoms with Gasteiger partial charge >= 0.3 is 0 Å². The van der Waals surface area contributed by atoms with Gasteiger partial charge in [-0.3, -0.25) is 4.79 Å². The zero-order chi connectivity index (χ0) is 14.1. The second-order valence-corrected chi connectivity index (χ2v) is 4.12. The number of carboxylic acids is 1. The fraction of sp³-hybridized carbons (Fsp3) is 0.188. The number of carbonyl (C=O) groups is 1. The van der Waals surface area contributed by atoms with Crippen molar-refractivity contribution in [3.05, 3.63) is 60.2 Å². The number of benzene rings is 2. The number of nitrogens with two attached hydrogens (primary N) is 1. The molecule has 100 valence electrons. The van der Waals surface area contributed by atoms with Crippen molar-refractivity contribution in [3.8, 4) is 11.1 Å². The first-order valence-corrected chi connectivity index (χ1v) is 6.17.